The fourth-order valence-corrected chi connectivity index (χ4v) is 2.34. The molecular formula is C12H10ClFS. The van der Waals surface area contributed by atoms with Gasteiger partial charge in [0.25, 0.3) is 0 Å². The first kappa shape index (κ1) is 10.7. The summed E-state index contributed by atoms with van der Waals surface area (Å²) in [5, 5.41) is 1.87. The predicted octanol–water partition coefficient (Wildman–Crippen LogP) is 4.77. The molecule has 1 heterocycles. The van der Waals surface area contributed by atoms with Crippen molar-refractivity contribution in [1.29, 1.82) is 0 Å². The molecule has 0 spiro atoms. The molecule has 78 valence electrons. The highest BCUT2D eigenvalue weighted by molar-refractivity contribution is 7.14. The van der Waals surface area contributed by atoms with Gasteiger partial charge < -0.3 is 0 Å². The van der Waals surface area contributed by atoms with E-state index in [9.17, 15) is 4.39 Å². The van der Waals surface area contributed by atoms with Crippen LogP contribution in [0.2, 0.25) is 4.34 Å². The van der Waals surface area contributed by atoms with Crippen LogP contribution in [0.25, 0.3) is 11.1 Å². The Morgan fingerprint density at radius 2 is 2.13 bits per heavy atom. The molecule has 0 atom stereocenters. The summed E-state index contributed by atoms with van der Waals surface area (Å²) < 4.78 is 14.4. The van der Waals surface area contributed by atoms with Crippen molar-refractivity contribution in [3.05, 3.63) is 45.4 Å². The summed E-state index contributed by atoms with van der Waals surface area (Å²) in [7, 11) is 0. The highest BCUT2D eigenvalue weighted by atomic mass is 35.5. The maximum Gasteiger partial charge on any atom is 0.131 e. The van der Waals surface area contributed by atoms with Gasteiger partial charge >= 0.3 is 0 Å². The summed E-state index contributed by atoms with van der Waals surface area (Å²) in [5.41, 5.74) is 2.48. The van der Waals surface area contributed by atoms with Crippen LogP contribution in [0.1, 0.15) is 12.5 Å². The summed E-state index contributed by atoms with van der Waals surface area (Å²) in [4.78, 5) is 0. The Kier molecular flexibility index (Phi) is 3.08. The van der Waals surface area contributed by atoms with E-state index in [0.29, 0.717) is 9.90 Å². The van der Waals surface area contributed by atoms with Crippen LogP contribution in [0.3, 0.4) is 0 Å². The highest BCUT2D eigenvalue weighted by Gasteiger charge is 2.07. The minimum absolute atomic E-state index is 0.177. The molecule has 0 radical (unpaired) electrons. The SMILES string of the molecule is CCc1ccc(-c2csc(Cl)c2)c(F)c1. The maximum atomic E-state index is 13.7. The Labute approximate surface area is 97.3 Å². The predicted molar refractivity (Wildman–Crippen MR) is 64.1 cm³/mol. The Morgan fingerprint density at radius 1 is 1.33 bits per heavy atom. The smallest absolute Gasteiger partial charge is 0.131 e. The average molecular weight is 241 g/mol. The number of thiophene rings is 1. The molecule has 0 saturated carbocycles. The van der Waals surface area contributed by atoms with Crippen molar-refractivity contribution >= 4 is 22.9 Å². The van der Waals surface area contributed by atoms with Crippen molar-refractivity contribution in [1.82, 2.24) is 0 Å². The van der Waals surface area contributed by atoms with E-state index in [0.717, 1.165) is 17.5 Å². The second-order valence-electron chi connectivity index (χ2n) is 3.31. The summed E-state index contributed by atoms with van der Waals surface area (Å²) in [5.74, 6) is -0.177. The molecule has 3 heteroatoms. The molecule has 1 aromatic heterocycles. The van der Waals surface area contributed by atoms with Crippen molar-refractivity contribution in [3.63, 3.8) is 0 Å². The minimum Gasteiger partial charge on any atom is -0.206 e. The van der Waals surface area contributed by atoms with Crippen molar-refractivity contribution in [2.45, 2.75) is 13.3 Å². The zero-order valence-electron chi connectivity index (χ0n) is 8.26. The molecule has 0 unspecified atom stereocenters. The number of hydrogen-bond acceptors (Lipinski definition) is 1. The molecule has 2 aromatic rings. The van der Waals surface area contributed by atoms with Crippen molar-refractivity contribution < 1.29 is 4.39 Å². The summed E-state index contributed by atoms with van der Waals surface area (Å²) in [6.07, 6.45) is 0.849. The second kappa shape index (κ2) is 4.33. The number of benzene rings is 1. The van der Waals surface area contributed by atoms with Crippen LogP contribution in [0.5, 0.6) is 0 Å². The van der Waals surface area contributed by atoms with Crippen LogP contribution in [0.4, 0.5) is 4.39 Å². The van der Waals surface area contributed by atoms with Gasteiger partial charge in [0.1, 0.15) is 5.82 Å². The van der Waals surface area contributed by atoms with Gasteiger partial charge in [-0.2, -0.15) is 0 Å². The number of rotatable bonds is 2. The van der Waals surface area contributed by atoms with E-state index in [1.807, 2.05) is 24.4 Å². The lowest BCUT2D eigenvalue weighted by molar-refractivity contribution is 0.629. The minimum atomic E-state index is -0.177. The lowest BCUT2D eigenvalue weighted by Crippen LogP contribution is -1.86. The van der Waals surface area contributed by atoms with Crippen LogP contribution in [0.15, 0.2) is 29.6 Å². The van der Waals surface area contributed by atoms with E-state index in [2.05, 4.69) is 0 Å². The molecule has 0 nitrogen and oxygen atoms in total. The van der Waals surface area contributed by atoms with Gasteiger partial charge in [0.15, 0.2) is 0 Å². The van der Waals surface area contributed by atoms with Crippen LogP contribution >= 0.6 is 22.9 Å². The van der Waals surface area contributed by atoms with E-state index in [-0.39, 0.29) is 5.82 Å². The quantitative estimate of drug-likeness (QED) is 0.709. The topological polar surface area (TPSA) is 0 Å². The Hall–Kier alpha value is -0.860. The molecule has 0 saturated heterocycles. The molecule has 0 aliphatic rings. The van der Waals surface area contributed by atoms with Gasteiger partial charge in [-0.3, -0.25) is 0 Å². The molecule has 0 amide bonds. The molecule has 2 rings (SSSR count). The van der Waals surface area contributed by atoms with E-state index in [4.69, 9.17) is 11.6 Å². The molecule has 0 bridgehead atoms. The van der Waals surface area contributed by atoms with Gasteiger partial charge in [-0.1, -0.05) is 30.7 Å². The van der Waals surface area contributed by atoms with E-state index >= 15 is 0 Å². The molecule has 0 fully saturated rings. The number of aryl methyl sites for hydroxylation is 1. The Balaban J connectivity index is 2.45. The van der Waals surface area contributed by atoms with Gasteiger partial charge in [-0.05, 0) is 29.7 Å². The lowest BCUT2D eigenvalue weighted by atomic mass is 10.1. The maximum absolute atomic E-state index is 13.7. The van der Waals surface area contributed by atoms with Crippen molar-refractivity contribution in [2.24, 2.45) is 0 Å². The van der Waals surface area contributed by atoms with Crippen LogP contribution in [-0.2, 0) is 6.42 Å². The van der Waals surface area contributed by atoms with Crippen LogP contribution in [0, 0.1) is 5.82 Å². The van der Waals surface area contributed by atoms with Crippen LogP contribution in [-0.4, -0.2) is 0 Å². The molecule has 1 aromatic carbocycles. The van der Waals surface area contributed by atoms with E-state index in [1.54, 1.807) is 12.1 Å². The third-order valence-electron chi connectivity index (χ3n) is 2.32. The van der Waals surface area contributed by atoms with Crippen molar-refractivity contribution in [3.8, 4) is 11.1 Å². The van der Waals surface area contributed by atoms with Gasteiger partial charge in [0, 0.05) is 10.9 Å². The zero-order valence-corrected chi connectivity index (χ0v) is 9.83. The average Bonchev–Trinajstić information content (AvgIpc) is 2.64. The molecule has 0 aliphatic heterocycles. The molecule has 0 aliphatic carbocycles. The Bertz CT molecular complexity index is 476. The van der Waals surface area contributed by atoms with Gasteiger partial charge in [-0.15, -0.1) is 11.3 Å². The second-order valence-corrected chi connectivity index (χ2v) is 4.85. The first-order valence-corrected chi connectivity index (χ1v) is 5.99. The summed E-state index contributed by atoms with van der Waals surface area (Å²) in [6, 6.07) is 7.13. The summed E-state index contributed by atoms with van der Waals surface area (Å²) in [6.45, 7) is 2.01. The largest absolute Gasteiger partial charge is 0.206 e. The molecule has 0 N–H and O–H groups in total. The van der Waals surface area contributed by atoms with Crippen LogP contribution < -0.4 is 0 Å². The van der Waals surface area contributed by atoms with Gasteiger partial charge in [0.05, 0.1) is 4.34 Å². The van der Waals surface area contributed by atoms with E-state index in [1.165, 1.54) is 11.3 Å². The Morgan fingerprint density at radius 3 is 2.67 bits per heavy atom. The van der Waals surface area contributed by atoms with Gasteiger partial charge in [0.2, 0.25) is 0 Å². The van der Waals surface area contributed by atoms with Crippen molar-refractivity contribution in [2.75, 3.05) is 0 Å². The molecular weight excluding hydrogens is 231 g/mol. The first-order valence-electron chi connectivity index (χ1n) is 4.73. The fraction of sp³-hybridized carbons (Fsp3) is 0.167. The molecule has 15 heavy (non-hydrogen) atoms. The van der Waals surface area contributed by atoms with E-state index < -0.39 is 0 Å². The fourth-order valence-electron chi connectivity index (χ4n) is 1.46. The zero-order chi connectivity index (χ0) is 10.8. The third-order valence-corrected chi connectivity index (χ3v) is 3.41. The standard InChI is InChI=1S/C12H10ClFS/c1-2-8-3-4-10(11(14)5-8)9-6-12(13)15-7-9/h3-7H,2H2,1H3. The normalized spacial score (nSPS) is 10.6. The summed E-state index contributed by atoms with van der Waals surface area (Å²) >= 11 is 7.23. The number of hydrogen-bond donors (Lipinski definition) is 0. The lowest BCUT2D eigenvalue weighted by Gasteiger charge is -2.02. The first-order chi connectivity index (χ1) is 7.20. The highest BCUT2D eigenvalue weighted by Crippen LogP contribution is 2.30. The van der Waals surface area contributed by atoms with Gasteiger partial charge in [-0.25, -0.2) is 4.39 Å². The monoisotopic (exact) mass is 240 g/mol. The number of halogens is 2. The third kappa shape index (κ3) is 2.21.